The van der Waals surface area contributed by atoms with Gasteiger partial charge in [0.05, 0.1) is 33.1 Å². The molecule has 0 bridgehead atoms. The zero-order valence-electron chi connectivity index (χ0n) is 36.8. The van der Waals surface area contributed by atoms with E-state index in [2.05, 4.69) is 146 Å². The van der Waals surface area contributed by atoms with Crippen molar-refractivity contribution in [1.82, 2.24) is 48.6 Å². The van der Waals surface area contributed by atoms with Crippen LogP contribution in [0.2, 0.25) is 0 Å². The lowest BCUT2D eigenvalue weighted by Crippen LogP contribution is -1.99. The Labute approximate surface area is 405 Å². The first-order chi connectivity index (χ1) is 34.2. The van der Waals surface area contributed by atoms with Gasteiger partial charge >= 0.3 is 0 Å². The van der Waals surface area contributed by atoms with Crippen molar-refractivity contribution in [2.45, 2.75) is 0 Å². The highest BCUT2D eigenvalue weighted by molar-refractivity contribution is 9.10. The van der Waals surface area contributed by atoms with Gasteiger partial charge in [-0.15, -0.1) is 0 Å². The highest BCUT2D eigenvalue weighted by Gasteiger charge is 2.22. The van der Waals surface area contributed by atoms with E-state index in [0.29, 0.717) is 0 Å². The molecule has 11 heteroatoms. The summed E-state index contributed by atoms with van der Waals surface area (Å²) in [5.41, 5.74) is 11.6. The van der Waals surface area contributed by atoms with Gasteiger partial charge in [-0.25, -0.2) is 19.9 Å². The molecule has 1 N–H and O–H groups in total. The van der Waals surface area contributed by atoms with Gasteiger partial charge in [0, 0.05) is 92.5 Å². The predicted molar refractivity (Wildman–Crippen MR) is 284 cm³/mol. The van der Waals surface area contributed by atoms with Crippen LogP contribution in [0.25, 0.3) is 106 Å². The van der Waals surface area contributed by atoms with Crippen molar-refractivity contribution >= 4 is 81.6 Å². The van der Waals surface area contributed by atoms with Crippen LogP contribution in [0.15, 0.2) is 236 Å². The minimum absolute atomic E-state index is 0. The van der Waals surface area contributed by atoms with Crippen molar-refractivity contribution in [1.29, 1.82) is 0 Å². The molecule has 0 aliphatic rings. The second kappa shape index (κ2) is 18.0. The van der Waals surface area contributed by atoms with Crippen LogP contribution in [0.3, 0.4) is 0 Å². The zero-order valence-corrected chi connectivity index (χ0v) is 38.4. The highest BCUT2D eigenvalue weighted by Crippen LogP contribution is 2.39. The highest BCUT2D eigenvalue weighted by atomic mass is 79.9. The number of H-pyrrole nitrogens is 1. The van der Waals surface area contributed by atoms with E-state index >= 15 is 0 Å². The van der Waals surface area contributed by atoms with Crippen molar-refractivity contribution in [3.63, 3.8) is 0 Å². The molecule has 0 spiro atoms. The summed E-state index contributed by atoms with van der Waals surface area (Å²) < 4.78 is 7.70. The average Bonchev–Trinajstić information content (AvgIpc) is 4.20. The number of benzene rings is 6. The number of hydrogen-bond acceptors (Lipinski definition) is 6. The molecular formula is C58H41BrN10. The summed E-state index contributed by atoms with van der Waals surface area (Å²) >= 11 is 3.31. The first kappa shape index (κ1) is 41.4. The average molecular weight is 958 g/mol. The van der Waals surface area contributed by atoms with E-state index in [0.717, 1.165) is 99.5 Å². The van der Waals surface area contributed by atoms with Gasteiger partial charge in [0.1, 0.15) is 23.3 Å². The number of aromatic nitrogens is 10. The van der Waals surface area contributed by atoms with Crippen LogP contribution in [-0.2, 0) is 0 Å². The van der Waals surface area contributed by atoms with Gasteiger partial charge in [-0.05, 0) is 109 Å². The summed E-state index contributed by atoms with van der Waals surface area (Å²) in [7, 11) is 0. The van der Waals surface area contributed by atoms with Crippen molar-refractivity contribution < 1.29 is 1.43 Å². The van der Waals surface area contributed by atoms with E-state index in [9.17, 15) is 0 Å². The molecular weight excluding hydrogens is 917 g/mol. The minimum atomic E-state index is 0. The molecule has 0 aliphatic heterocycles. The lowest BCUT2D eigenvalue weighted by molar-refractivity contribution is 1.03. The third-order valence-corrected chi connectivity index (χ3v) is 12.7. The Morgan fingerprint density at radius 3 is 1.46 bits per heavy atom. The largest absolute Gasteiger partial charge is 0.354 e. The van der Waals surface area contributed by atoms with Gasteiger partial charge in [0.2, 0.25) is 0 Å². The monoisotopic (exact) mass is 956 g/mol. The van der Waals surface area contributed by atoms with Gasteiger partial charge in [-0.1, -0.05) is 101 Å². The van der Waals surface area contributed by atoms with E-state index in [1.54, 1.807) is 24.8 Å². The number of imidazole rings is 2. The maximum absolute atomic E-state index is 5.23. The molecule has 0 atom stereocenters. The smallest absolute Gasteiger partial charge is 0.147 e. The van der Waals surface area contributed by atoms with Crippen molar-refractivity contribution in [2.24, 2.45) is 0 Å². The summed E-state index contributed by atoms with van der Waals surface area (Å²) in [6.07, 6.45) is 10.8. The molecule has 0 unspecified atom stereocenters. The van der Waals surface area contributed by atoms with Gasteiger partial charge < -0.3 is 9.55 Å². The minimum Gasteiger partial charge on any atom is -0.354 e. The number of hydrogen-bond donors (Lipinski definition) is 1. The lowest BCUT2D eigenvalue weighted by atomic mass is 10.1. The number of para-hydroxylation sites is 3. The number of rotatable bonds is 5. The normalized spacial score (nSPS) is 11.3. The van der Waals surface area contributed by atoms with Crippen molar-refractivity contribution in [2.75, 3.05) is 0 Å². The fraction of sp³-hybridized carbons (Fsp3) is 0. The Morgan fingerprint density at radius 2 is 0.884 bits per heavy atom. The molecule has 0 saturated heterocycles. The molecule has 8 aromatic heterocycles. The topological polar surface area (TPSA) is 108 Å². The van der Waals surface area contributed by atoms with Gasteiger partial charge in [-0.2, -0.15) is 0 Å². The Bertz CT molecular complexity index is 4070. The van der Waals surface area contributed by atoms with E-state index < -0.39 is 0 Å². The number of aromatic amines is 1. The van der Waals surface area contributed by atoms with Gasteiger partial charge in [0.25, 0.3) is 0 Å². The summed E-state index contributed by atoms with van der Waals surface area (Å²) in [6.45, 7) is 0. The molecule has 14 rings (SSSR count). The Morgan fingerprint density at radius 1 is 0.377 bits per heavy atom. The van der Waals surface area contributed by atoms with Crippen LogP contribution in [0, 0.1) is 0 Å². The maximum Gasteiger partial charge on any atom is 0.147 e. The standard InChI is InChI=1S/C29H19N5.C23H15N5.C6H5Br.H2/c1-2-8-21(9-3-1)33-23-11-5-4-10-22(23)27-24(33)13-14-25-28(27)32-29(20-15-18-30-19-16-20)34(25)26-12-6-7-17-31-26;1-2-6-17-16(5-1)21-18(26-17)8-9-19-22(21)27-23(15-10-13-24-14-11-15)28(19)20-7-3-4-12-25-20;7-6-4-2-1-3-5-6;/h1-19H;1-14,26H;1-5H;1H. The van der Waals surface area contributed by atoms with E-state index in [1.807, 2.05) is 116 Å². The molecule has 69 heavy (non-hydrogen) atoms. The number of nitrogens with one attached hydrogen (secondary N) is 1. The molecule has 0 amide bonds. The molecule has 0 aliphatic carbocycles. The second-order valence-corrected chi connectivity index (χ2v) is 17.1. The zero-order chi connectivity index (χ0) is 46.1. The fourth-order valence-electron chi connectivity index (χ4n) is 9.17. The molecule has 8 heterocycles. The quantitative estimate of drug-likeness (QED) is 0.184. The second-order valence-electron chi connectivity index (χ2n) is 16.2. The van der Waals surface area contributed by atoms with E-state index in [1.165, 1.54) is 10.8 Å². The summed E-state index contributed by atoms with van der Waals surface area (Å²) in [6, 6.07) is 65.7. The number of halogens is 1. The van der Waals surface area contributed by atoms with Gasteiger partial charge in [-0.3, -0.25) is 19.1 Å². The van der Waals surface area contributed by atoms with Crippen molar-refractivity contribution in [3.05, 3.63) is 236 Å². The van der Waals surface area contributed by atoms with E-state index in [4.69, 9.17) is 9.97 Å². The fourth-order valence-corrected chi connectivity index (χ4v) is 9.47. The SMILES string of the molecule is Brc1ccccc1.[HH].c1ccc(-n2c(-c3ccncc3)nc3c4c(ccc32)[nH]c2ccccc24)nc1.c1ccc(-n2c3ccccc3c3c4nc(-c5ccncc5)n(-c5ccccn5)c4ccc32)cc1. The molecule has 14 aromatic rings. The van der Waals surface area contributed by atoms with Crippen LogP contribution >= 0.6 is 15.9 Å². The third kappa shape index (κ3) is 7.56. The number of pyridine rings is 4. The predicted octanol–water partition coefficient (Wildman–Crippen LogP) is 14.4. The molecule has 0 saturated carbocycles. The molecule has 0 radical (unpaired) electrons. The Balaban J connectivity index is 0.000000134. The van der Waals surface area contributed by atoms with Crippen LogP contribution < -0.4 is 0 Å². The lowest BCUT2D eigenvalue weighted by Gasteiger charge is -2.09. The number of fused-ring (bicyclic) bond motifs is 10. The first-order valence-electron chi connectivity index (χ1n) is 22.5. The summed E-state index contributed by atoms with van der Waals surface area (Å²) in [4.78, 5) is 31.4. The van der Waals surface area contributed by atoms with Crippen LogP contribution in [0.1, 0.15) is 1.43 Å². The maximum atomic E-state index is 5.23. The van der Waals surface area contributed by atoms with Crippen LogP contribution in [-0.4, -0.2) is 48.6 Å². The molecule has 330 valence electrons. The Kier molecular flexibility index (Phi) is 10.8. The first-order valence-corrected chi connectivity index (χ1v) is 23.2. The molecule has 0 fully saturated rings. The third-order valence-electron chi connectivity index (χ3n) is 12.1. The summed E-state index contributed by atoms with van der Waals surface area (Å²) in [5, 5.41) is 4.63. The van der Waals surface area contributed by atoms with Crippen LogP contribution in [0.5, 0.6) is 0 Å². The Hall–Kier alpha value is -9.06. The van der Waals surface area contributed by atoms with Crippen LogP contribution in [0.4, 0.5) is 0 Å². The van der Waals surface area contributed by atoms with Gasteiger partial charge in [0.15, 0.2) is 0 Å². The van der Waals surface area contributed by atoms with E-state index in [-0.39, 0.29) is 1.43 Å². The number of nitrogens with zero attached hydrogens (tertiary/aromatic N) is 9. The molecule has 10 nitrogen and oxygen atoms in total. The molecule has 6 aromatic carbocycles. The van der Waals surface area contributed by atoms with Crippen molar-refractivity contribution in [3.8, 4) is 40.1 Å². The summed E-state index contributed by atoms with van der Waals surface area (Å²) in [5.74, 6) is 3.38.